The van der Waals surface area contributed by atoms with Crippen LogP contribution >= 0.6 is 11.6 Å². The number of hydrogen-bond donors (Lipinski definition) is 1. The summed E-state index contributed by atoms with van der Waals surface area (Å²) in [7, 11) is 0. The summed E-state index contributed by atoms with van der Waals surface area (Å²) in [4.78, 5) is 16.0. The van der Waals surface area contributed by atoms with Gasteiger partial charge in [0, 0.05) is 10.6 Å². The van der Waals surface area contributed by atoms with E-state index >= 15 is 0 Å². The van der Waals surface area contributed by atoms with E-state index in [0.717, 1.165) is 5.56 Å². The van der Waals surface area contributed by atoms with Gasteiger partial charge in [-0.25, -0.2) is 0 Å². The van der Waals surface area contributed by atoms with Crippen molar-refractivity contribution in [1.82, 2.24) is 10.1 Å². The van der Waals surface area contributed by atoms with Crippen LogP contribution in [0.3, 0.4) is 0 Å². The van der Waals surface area contributed by atoms with Crippen LogP contribution in [-0.2, 0) is 4.79 Å². The predicted molar refractivity (Wildman–Crippen MR) is 90.0 cm³/mol. The van der Waals surface area contributed by atoms with E-state index in [1.54, 1.807) is 36.4 Å². The summed E-state index contributed by atoms with van der Waals surface area (Å²) in [5.74, 6) is 0.614. The fourth-order valence-electron chi connectivity index (χ4n) is 1.93. The number of nitrogens with one attached hydrogen (secondary N) is 1. The SMILES string of the molecule is Cc1ccc(OCC(=O)Nc2noc(-c3ccc(Cl)cc3)n2)cc1. The normalized spacial score (nSPS) is 10.4. The highest BCUT2D eigenvalue weighted by Gasteiger charge is 2.11. The van der Waals surface area contributed by atoms with Crippen LogP contribution in [-0.4, -0.2) is 22.7 Å². The van der Waals surface area contributed by atoms with Crippen molar-refractivity contribution in [1.29, 1.82) is 0 Å². The number of nitrogens with zero attached hydrogens (tertiary/aromatic N) is 2. The summed E-state index contributed by atoms with van der Waals surface area (Å²) in [6.45, 7) is 1.83. The van der Waals surface area contributed by atoms with E-state index in [1.165, 1.54) is 0 Å². The summed E-state index contributed by atoms with van der Waals surface area (Å²) in [5.41, 5.74) is 1.83. The van der Waals surface area contributed by atoms with Crippen LogP contribution in [0.25, 0.3) is 11.5 Å². The Labute approximate surface area is 143 Å². The van der Waals surface area contributed by atoms with Crippen molar-refractivity contribution in [3.8, 4) is 17.2 Å². The lowest BCUT2D eigenvalue weighted by Gasteiger charge is -2.05. The zero-order valence-electron chi connectivity index (χ0n) is 12.8. The van der Waals surface area contributed by atoms with Crippen LogP contribution in [0.15, 0.2) is 53.1 Å². The minimum Gasteiger partial charge on any atom is -0.484 e. The smallest absolute Gasteiger partial charge is 0.270 e. The number of ether oxygens (including phenoxy) is 1. The van der Waals surface area contributed by atoms with Crippen LogP contribution in [0.4, 0.5) is 5.95 Å². The number of amides is 1. The molecule has 0 aliphatic rings. The van der Waals surface area contributed by atoms with Crippen molar-refractivity contribution in [2.75, 3.05) is 11.9 Å². The third-order valence-electron chi connectivity index (χ3n) is 3.16. The summed E-state index contributed by atoms with van der Waals surface area (Å²) < 4.78 is 10.5. The molecule has 2 aromatic carbocycles. The van der Waals surface area contributed by atoms with E-state index in [1.807, 2.05) is 19.1 Å². The molecule has 0 bridgehead atoms. The third-order valence-corrected chi connectivity index (χ3v) is 3.41. The largest absolute Gasteiger partial charge is 0.484 e. The van der Waals surface area contributed by atoms with Gasteiger partial charge in [0.05, 0.1) is 0 Å². The Bertz CT molecular complexity index is 829. The first-order chi connectivity index (χ1) is 11.6. The molecule has 7 heteroatoms. The third kappa shape index (κ3) is 4.11. The van der Waals surface area contributed by atoms with Gasteiger partial charge in [0.2, 0.25) is 0 Å². The molecule has 122 valence electrons. The Morgan fingerprint density at radius 1 is 1.17 bits per heavy atom. The molecule has 1 amide bonds. The van der Waals surface area contributed by atoms with Gasteiger partial charge in [0.15, 0.2) is 6.61 Å². The minimum absolute atomic E-state index is 0.0810. The Hall–Kier alpha value is -2.86. The van der Waals surface area contributed by atoms with Crippen molar-refractivity contribution >= 4 is 23.5 Å². The Morgan fingerprint density at radius 3 is 2.58 bits per heavy atom. The second kappa shape index (κ2) is 7.14. The molecule has 24 heavy (non-hydrogen) atoms. The predicted octanol–water partition coefficient (Wildman–Crippen LogP) is 3.72. The highest BCUT2D eigenvalue weighted by molar-refractivity contribution is 6.30. The average Bonchev–Trinajstić information content (AvgIpc) is 3.03. The highest BCUT2D eigenvalue weighted by atomic mass is 35.5. The van der Waals surface area contributed by atoms with Gasteiger partial charge in [-0.1, -0.05) is 29.3 Å². The van der Waals surface area contributed by atoms with E-state index in [0.29, 0.717) is 22.2 Å². The van der Waals surface area contributed by atoms with Crippen LogP contribution in [0.2, 0.25) is 5.02 Å². The summed E-state index contributed by atoms with van der Waals surface area (Å²) in [5, 5.41) is 6.85. The number of hydrogen-bond acceptors (Lipinski definition) is 5. The first-order valence-electron chi connectivity index (χ1n) is 7.19. The molecular weight excluding hydrogens is 330 g/mol. The Balaban J connectivity index is 1.57. The number of carbonyl (C=O) groups is 1. The molecule has 1 heterocycles. The number of carbonyl (C=O) groups excluding carboxylic acids is 1. The van der Waals surface area contributed by atoms with Gasteiger partial charge in [-0.15, -0.1) is 0 Å². The molecule has 0 unspecified atom stereocenters. The molecule has 0 spiro atoms. The zero-order valence-corrected chi connectivity index (χ0v) is 13.6. The Morgan fingerprint density at radius 2 is 1.88 bits per heavy atom. The Kier molecular flexibility index (Phi) is 4.77. The van der Waals surface area contributed by atoms with E-state index < -0.39 is 0 Å². The molecule has 0 aliphatic heterocycles. The quantitative estimate of drug-likeness (QED) is 0.764. The maximum Gasteiger partial charge on any atom is 0.270 e. The number of aromatic nitrogens is 2. The van der Waals surface area contributed by atoms with Gasteiger partial charge < -0.3 is 9.26 Å². The molecule has 1 N–H and O–H groups in total. The summed E-state index contributed by atoms with van der Waals surface area (Å²) in [6.07, 6.45) is 0. The molecule has 0 saturated heterocycles. The lowest BCUT2D eigenvalue weighted by molar-refractivity contribution is -0.118. The van der Waals surface area contributed by atoms with Crippen molar-refractivity contribution in [2.24, 2.45) is 0 Å². The summed E-state index contributed by atoms with van der Waals surface area (Å²) >= 11 is 5.83. The first-order valence-corrected chi connectivity index (χ1v) is 7.57. The van der Waals surface area contributed by atoms with Crippen molar-refractivity contribution in [3.63, 3.8) is 0 Å². The first kappa shape index (κ1) is 16.0. The van der Waals surface area contributed by atoms with Gasteiger partial charge >= 0.3 is 0 Å². The van der Waals surface area contributed by atoms with Crippen LogP contribution in [0, 0.1) is 6.92 Å². The number of aryl methyl sites for hydroxylation is 1. The molecular formula is C17H14ClN3O3. The minimum atomic E-state index is -0.376. The maximum atomic E-state index is 11.9. The van der Waals surface area contributed by atoms with Gasteiger partial charge in [-0.3, -0.25) is 10.1 Å². The van der Waals surface area contributed by atoms with Crippen molar-refractivity contribution < 1.29 is 14.1 Å². The number of halogens is 1. The molecule has 0 aliphatic carbocycles. The van der Waals surface area contributed by atoms with Gasteiger partial charge in [-0.2, -0.15) is 4.98 Å². The van der Waals surface area contributed by atoms with Crippen LogP contribution in [0.1, 0.15) is 5.56 Å². The van der Waals surface area contributed by atoms with E-state index in [-0.39, 0.29) is 18.5 Å². The van der Waals surface area contributed by atoms with Crippen LogP contribution in [0.5, 0.6) is 5.75 Å². The van der Waals surface area contributed by atoms with Crippen molar-refractivity contribution in [2.45, 2.75) is 6.92 Å². The second-order valence-electron chi connectivity index (χ2n) is 5.08. The number of rotatable bonds is 5. The number of anilines is 1. The van der Waals surface area contributed by atoms with Gasteiger partial charge in [0.25, 0.3) is 17.7 Å². The van der Waals surface area contributed by atoms with E-state index in [2.05, 4.69) is 15.5 Å². The van der Waals surface area contributed by atoms with Crippen molar-refractivity contribution in [3.05, 3.63) is 59.1 Å². The lowest BCUT2D eigenvalue weighted by atomic mass is 10.2. The molecule has 0 fully saturated rings. The topological polar surface area (TPSA) is 77.2 Å². The average molecular weight is 344 g/mol. The molecule has 1 aromatic heterocycles. The second-order valence-corrected chi connectivity index (χ2v) is 5.52. The van der Waals surface area contributed by atoms with Gasteiger partial charge in [-0.05, 0) is 48.5 Å². The summed E-state index contributed by atoms with van der Waals surface area (Å²) in [6, 6.07) is 14.4. The molecule has 0 radical (unpaired) electrons. The fourth-order valence-corrected chi connectivity index (χ4v) is 2.05. The molecule has 6 nitrogen and oxygen atoms in total. The van der Waals surface area contributed by atoms with E-state index in [4.69, 9.17) is 20.9 Å². The number of benzene rings is 2. The van der Waals surface area contributed by atoms with E-state index in [9.17, 15) is 4.79 Å². The molecule has 3 rings (SSSR count). The van der Waals surface area contributed by atoms with Crippen LogP contribution < -0.4 is 10.1 Å². The maximum absolute atomic E-state index is 11.9. The zero-order chi connectivity index (χ0) is 16.9. The molecule has 0 saturated carbocycles. The molecule has 3 aromatic rings. The monoisotopic (exact) mass is 343 g/mol. The highest BCUT2D eigenvalue weighted by Crippen LogP contribution is 2.20. The fraction of sp³-hybridized carbons (Fsp3) is 0.118. The molecule has 0 atom stereocenters. The standard InChI is InChI=1S/C17H14ClN3O3/c1-11-2-8-14(9-3-11)23-10-15(22)19-17-20-16(24-21-17)12-4-6-13(18)7-5-12/h2-9H,10H2,1H3,(H,19,21,22). The van der Waals surface area contributed by atoms with Gasteiger partial charge in [0.1, 0.15) is 5.75 Å². The lowest BCUT2D eigenvalue weighted by Crippen LogP contribution is -2.20.